The van der Waals surface area contributed by atoms with Gasteiger partial charge in [-0.15, -0.1) is 0 Å². The molecule has 0 spiro atoms. The van der Waals surface area contributed by atoms with E-state index >= 15 is 0 Å². The number of Topliss-reactive ketones (excluding diaryl/α,β-unsaturated/α-hetero) is 1. The maximum atomic E-state index is 12.6. The Morgan fingerprint density at radius 2 is 1.72 bits per heavy atom. The Kier molecular flexibility index (Phi) is 5.51. The van der Waals surface area contributed by atoms with Gasteiger partial charge in [-0.2, -0.15) is 0 Å². The number of thioether (sulfide) groups is 1. The number of amides is 2. The van der Waals surface area contributed by atoms with Crippen molar-refractivity contribution in [2.45, 2.75) is 0 Å². The lowest BCUT2D eigenvalue weighted by Gasteiger charge is -2.11. The first-order valence-corrected chi connectivity index (χ1v) is 10.3. The number of benzene rings is 2. The molecule has 2 heterocycles. The van der Waals surface area contributed by atoms with Crippen LogP contribution in [0, 0.1) is 0 Å². The summed E-state index contributed by atoms with van der Waals surface area (Å²) in [4.78, 5) is 38.4. The maximum Gasteiger partial charge on any atom is 0.293 e. The predicted molar refractivity (Wildman–Crippen MR) is 115 cm³/mol. The van der Waals surface area contributed by atoms with Crippen molar-refractivity contribution < 1.29 is 18.8 Å². The highest BCUT2D eigenvalue weighted by molar-refractivity contribution is 9.10. The van der Waals surface area contributed by atoms with Crippen LogP contribution in [-0.4, -0.2) is 28.4 Å². The maximum absolute atomic E-state index is 12.6. The number of halogens is 1. The molecule has 0 unspecified atom stereocenters. The first kappa shape index (κ1) is 19.4. The molecule has 1 aliphatic rings. The Labute approximate surface area is 179 Å². The molecule has 0 radical (unpaired) electrons. The van der Waals surface area contributed by atoms with Crippen LogP contribution < -0.4 is 0 Å². The molecule has 2 aromatic carbocycles. The monoisotopic (exact) mass is 467 g/mol. The van der Waals surface area contributed by atoms with E-state index in [4.69, 9.17) is 4.42 Å². The number of furan rings is 1. The summed E-state index contributed by atoms with van der Waals surface area (Å²) in [6.45, 7) is -0.283. The Hall–Kier alpha value is -2.90. The molecular weight excluding hydrogens is 454 g/mol. The second kappa shape index (κ2) is 8.23. The Bertz CT molecular complexity index is 1120. The van der Waals surface area contributed by atoms with Crippen LogP contribution in [0.4, 0.5) is 4.79 Å². The number of rotatable bonds is 5. The van der Waals surface area contributed by atoms with Crippen molar-refractivity contribution in [2.24, 2.45) is 0 Å². The molecule has 0 bridgehead atoms. The first-order chi connectivity index (χ1) is 14.0. The quantitative estimate of drug-likeness (QED) is 0.359. The van der Waals surface area contributed by atoms with Gasteiger partial charge in [-0.1, -0.05) is 58.4 Å². The van der Waals surface area contributed by atoms with E-state index in [1.54, 1.807) is 42.5 Å². The van der Waals surface area contributed by atoms with Crippen molar-refractivity contribution in [1.82, 2.24) is 4.90 Å². The van der Waals surface area contributed by atoms with Crippen LogP contribution in [-0.2, 0) is 4.79 Å². The van der Waals surface area contributed by atoms with Crippen LogP contribution in [0.25, 0.3) is 17.4 Å². The molecule has 4 rings (SSSR count). The zero-order valence-electron chi connectivity index (χ0n) is 15.0. The van der Waals surface area contributed by atoms with Gasteiger partial charge in [0.15, 0.2) is 5.78 Å². The summed E-state index contributed by atoms with van der Waals surface area (Å²) in [6.07, 6.45) is 1.53. The minimum Gasteiger partial charge on any atom is -0.457 e. The number of nitrogens with zero attached hydrogens (tertiary/aromatic N) is 1. The van der Waals surface area contributed by atoms with Gasteiger partial charge in [0, 0.05) is 21.7 Å². The van der Waals surface area contributed by atoms with Crippen LogP contribution in [0.2, 0.25) is 0 Å². The second-order valence-corrected chi connectivity index (χ2v) is 8.17. The van der Waals surface area contributed by atoms with E-state index in [0.29, 0.717) is 17.1 Å². The van der Waals surface area contributed by atoms with Gasteiger partial charge in [0.25, 0.3) is 11.1 Å². The molecular formula is C22H14BrNO4S. The van der Waals surface area contributed by atoms with Crippen LogP contribution >= 0.6 is 27.7 Å². The van der Waals surface area contributed by atoms with Crippen LogP contribution in [0.1, 0.15) is 16.1 Å². The summed E-state index contributed by atoms with van der Waals surface area (Å²) in [5.41, 5.74) is 1.36. The van der Waals surface area contributed by atoms with E-state index in [0.717, 1.165) is 26.7 Å². The lowest BCUT2D eigenvalue weighted by Crippen LogP contribution is -2.33. The minimum absolute atomic E-state index is 0.229. The Morgan fingerprint density at radius 3 is 2.45 bits per heavy atom. The van der Waals surface area contributed by atoms with Gasteiger partial charge in [-0.25, -0.2) is 0 Å². The predicted octanol–water partition coefficient (Wildman–Crippen LogP) is 5.63. The zero-order valence-corrected chi connectivity index (χ0v) is 17.4. The fourth-order valence-corrected chi connectivity index (χ4v) is 3.91. The Balaban J connectivity index is 1.50. The number of hydrogen-bond donors (Lipinski definition) is 0. The van der Waals surface area contributed by atoms with E-state index in [2.05, 4.69) is 15.9 Å². The molecule has 0 atom stereocenters. The fraction of sp³-hybridized carbons (Fsp3) is 0.0455. The average molecular weight is 468 g/mol. The highest BCUT2D eigenvalue weighted by Crippen LogP contribution is 2.33. The van der Waals surface area contributed by atoms with E-state index in [9.17, 15) is 14.4 Å². The lowest BCUT2D eigenvalue weighted by atomic mass is 10.1. The third kappa shape index (κ3) is 4.26. The lowest BCUT2D eigenvalue weighted by molar-refractivity contribution is -0.122. The molecule has 29 heavy (non-hydrogen) atoms. The summed E-state index contributed by atoms with van der Waals surface area (Å²) >= 11 is 4.19. The number of ketones is 1. The van der Waals surface area contributed by atoms with Gasteiger partial charge in [0.2, 0.25) is 0 Å². The Morgan fingerprint density at radius 1 is 1.00 bits per heavy atom. The van der Waals surface area contributed by atoms with E-state index in [-0.39, 0.29) is 17.2 Å². The van der Waals surface area contributed by atoms with Crippen molar-refractivity contribution in [3.05, 3.63) is 87.4 Å². The molecule has 1 aromatic heterocycles. The standard InChI is InChI=1S/C22H14BrNO4S/c23-16-8-6-15(7-9-16)19-11-10-17(28-19)12-20-21(26)24(22(27)29-20)13-18(25)14-4-2-1-3-5-14/h1-12H,13H2/b20-12+. The van der Waals surface area contributed by atoms with Crippen LogP contribution in [0.3, 0.4) is 0 Å². The summed E-state index contributed by atoms with van der Waals surface area (Å²) in [5, 5.41) is -0.467. The van der Waals surface area contributed by atoms with Gasteiger partial charge in [0.1, 0.15) is 11.5 Å². The van der Waals surface area contributed by atoms with Crippen molar-refractivity contribution in [3.63, 3.8) is 0 Å². The summed E-state index contributed by atoms with van der Waals surface area (Å²) in [5.74, 6) is 0.334. The van der Waals surface area contributed by atoms with E-state index in [1.807, 2.05) is 24.3 Å². The third-order valence-electron chi connectivity index (χ3n) is 4.30. The zero-order chi connectivity index (χ0) is 20.4. The number of carbonyl (C=O) groups excluding carboxylic acids is 3. The minimum atomic E-state index is -0.495. The van der Waals surface area contributed by atoms with Crippen LogP contribution in [0.15, 0.2) is 80.5 Å². The smallest absolute Gasteiger partial charge is 0.293 e. The van der Waals surface area contributed by atoms with Crippen molar-refractivity contribution in [3.8, 4) is 11.3 Å². The molecule has 7 heteroatoms. The second-order valence-electron chi connectivity index (χ2n) is 6.27. The molecule has 0 saturated carbocycles. The highest BCUT2D eigenvalue weighted by atomic mass is 79.9. The van der Waals surface area contributed by atoms with Gasteiger partial charge < -0.3 is 4.42 Å². The summed E-state index contributed by atoms with van der Waals surface area (Å²) in [7, 11) is 0. The third-order valence-corrected chi connectivity index (χ3v) is 5.74. The molecule has 2 amide bonds. The van der Waals surface area contributed by atoms with Crippen molar-refractivity contribution in [1.29, 1.82) is 0 Å². The largest absolute Gasteiger partial charge is 0.457 e. The number of imide groups is 1. The molecule has 144 valence electrons. The topological polar surface area (TPSA) is 67.6 Å². The van der Waals surface area contributed by atoms with Gasteiger partial charge in [-0.05, 0) is 36.0 Å². The first-order valence-electron chi connectivity index (χ1n) is 8.70. The molecule has 0 N–H and O–H groups in total. The van der Waals surface area contributed by atoms with Gasteiger partial charge in [-0.3, -0.25) is 19.3 Å². The molecule has 1 aliphatic heterocycles. The fourth-order valence-electron chi connectivity index (χ4n) is 2.82. The average Bonchev–Trinajstić information content (AvgIpc) is 3.29. The molecule has 0 aliphatic carbocycles. The van der Waals surface area contributed by atoms with E-state index < -0.39 is 11.1 Å². The normalized spacial score (nSPS) is 15.3. The highest BCUT2D eigenvalue weighted by Gasteiger charge is 2.36. The van der Waals surface area contributed by atoms with Gasteiger partial charge >= 0.3 is 0 Å². The van der Waals surface area contributed by atoms with Crippen LogP contribution in [0.5, 0.6) is 0 Å². The summed E-state index contributed by atoms with van der Waals surface area (Å²) in [6, 6.07) is 19.8. The molecule has 5 nitrogen and oxygen atoms in total. The SMILES string of the molecule is O=C(CN1C(=O)S/C(=C/c2ccc(-c3ccc(Br)cc3)o2)C1=O)c1ccccc1. The number of carbonyl (C=O) groups is 3. The van der Waals surface area contributed by atoms with E-state index in [1.165, 1.54) is 6.08 Å². The molecule has 3 aromatic rings. The molecule has 1 saturated heterocycles. The van der Waals surface area contributed by atoms with Crippen molar-refractivity contribution in [2.75, 3.05) is 6.54 Å². The van der Waals surface area contributed by atoms with Crippen molar-refractivity contribution >= 4 is 50.7 Å². The van der Waals surface area contributed by atoms with Gasteiger partial charge in [0.05, 0.1) is 11.4 Å². The summed E-state index contributed by atoms with van der Waals surface area (Å²) < 4.78 is 6.75. The number of hydrogen-bond acceptors (Lipinski definition) is 5. The molecule has 1 fully saturated rings.